The predicted octanol–water partition coefficient (Wildman–Crippen LogP) is 5.07. The molecule has 0 fully saturated rings. The van der Waals surface area contributed by atoms with Crippen LogP contribution in [0.5, 0.6) is 5.75 Å². The minimum absolute atomic E-state index is 0.0982. The monoisotopic (exact) mass is 439 g/mol. The van der Waals surface area contributed by atoms with Crippen LogP contribution < -0.4 is 10.1 Å². The molecule has 0 aliphatic carbocycles. The number of aromatic nitrogens is 2. The van der Waals surface area contributed by atoms with Crippen LogP contribution in [0, 0.1) is 19.7 Å². The molecule has 3 aromatic rings. The number of ether oxygens (including phenoxy) is 2. The van der Waals surface area contributed by atoms with Crippen molar-refractivity contribution in [1.29, 1.82) is 0 Å². The van der Waals surface area contributed by atoms with Gasteiger partial charge in [0, 0.05) is 46.1 Å². The molecule has 31 heavy (non-hydrogen) atoms. The fraction of sp³-hybridized carbons (Fsp3) is 0.217. The van der Waals surface area contributed by atoms with Crippen molar-refractivity contribution in [2.75, 3.05) is 12.1 Å². The zero-order valence-electron chi connectivity index (χ0n) is 17.3. The molecule has 6 nitrogen and oxygen atoms in total. The topological polar surface area (TPSA) is 65.4 Å². The molecule has 0 bridgehead atoms. The van der Waals surface area contributed by atoms with Gasteiger partial charge in [0.15, 0.2) is 11.9 Å². The van der Waals surface area contributed by atoms with Gasteiger partial charge in [0.1, 0.15) is 11.6 Å². The first-order chi connectivity index (χ1) is 15.0. The molecule has 1 amide bonds. The van der Waals surface area contributed by atoms with Gasteiger partial charge in [0.2, 0.25) is 5.91 Å². The minimum Gasteiger partial charge on any atom is -0.467 e. The van der Waals surface area contributed by atoms with E-state index in [0.717, 1.165) is 29.2 Å². The van der Waals surface area contributed by atoms with Gasteiger partial charge in [-0.25, -0.2) is 9.37 Å². The van der Waals surface area contributed by atoms with Gasteiger partial charge in [0.05, 0.1) is 12.3 Å². The summed E-state index contributed by atoms with van der Waals surface area (Å²) in [5.74, 6) is -0.238. The van der Waals surface area contributed by atoms with Gasteiger partial charge in [-0.2, -0.15) is 0 Å². The smallest absolute Gasteiger partial charge is 0.250 e. The molecular formula is C23H22FN3O3S. The first-order valence-corrected chi connectivity index (χ1v) is 10.6. The second-order valence-electron chi connectivity index (χ2n) is 7.14. The molecule has 0 spiro atoms. The molecule has 0 unspecified atom stereocenters. The number of nitrogens with zero attached hydrogens (tertiary/aromatic N) is 2. The van der Waals surface area contributed by atoms with E-state index in [9.17, 15) is 9.18 Å². The Morgan fingerprint density at radius 3 is 3.03 bits per heavy atom. The van der Waals surface area contributed by atoms with E-state index in [1.165, 1.54) is 35.6 Å². The summed E-state index contributed by atoms with van der Waals surface area (Å²) in [6.45, 7) is 8.99. The van der Waals surface area contributed by atoms with Gasteiger partial charge in [0.25, 0.3) is 0 Å². The number of anilines is 1. The predicted molar refractivity (Wildman–Crippen MR) is 120 cm³/mol. The summed E-state index contributed by atoms with van der Waals surface area (Å²) in [4.78, 5) is 16.9. The zero-order chi connectivity index (χ0) is 22.0. The van der Waals surface area contributed by atoms with Crippen LogP contribution in [0.3, 0.4) is 0 Å². The van der Waals surface area contributed by atoms with Crippen LogP contribution in [0.4, 0.5) is 9.52 Å². The van der Waals surface area contributed by atoms with Crippen LogP contribution in [0.15, 0.2) is 42.3 Å². The number of hydrogen-bond acceptors (Lipinski definition) is 5. The standard InChI is InChI=1S/C23H22FN3O3S/c1-4-7-27-14(2)8-19(15(27)3)20-12-31-23(25-20)26-21(28)6-5-16-9-18(24)10-17-11-29-13-30-22(16)17/h4-6,8-10,12H,1,7,11,13H2,2-3H3,(H,25,26,28). The molecule has 160 valence electrons. The highest BCUT2D eigenvalue weighted by Crippen LogP contribution is 2.31. The Balaban J connectivity index is 1.49. The van der Waals surface area contributed by atoms with Crippen molar-refractivity contribution in [2.45, 2.75) is 27.0 Å². The molecular weight excluding hydrogens is 417 g/mol. The Labute approximate surface area is 183 Å². The molecule has 1 aliphatic heterocycles. The quantitative estimate of drug-likeness (QED) is 0.430. The van der Waals surface area contributed by atoms with E-state index in [0.29, 0.717) is 22.0 Å². The summed E-state index contributed by atoms with van der Waals surface area (Å²) in [5.41, 5.74) is 5.16. The van der Waals surface area contributed by atoms with Crippen molar-refractivity contribution < 1.29 is 18.7 Å². The molecule has 0 atom stereocenters. The molecule has 1 aromatic carbocycles. The largest absolute Gasteiger partial charge is 0.467 e. The lowest BCUT2D eigenvalue weighted by atomic mass is 10.1. The first kappa shape index (κ1) is 21.0. The average molecular weight is 440 g/mol. The Hall–Kier alpha value is -3.23. The van der Waals surface area contributed by atoms with Crippen molar-refractivity contribution in [3.05, 3.63) is 70.6 Å². The molecule has 0 saturated heterocycles. The zero-order valence-corrected chi connectivity index (χ0v) is 18.1. The summed E-state index contributed by atoms with van der Waals surface area (Å²) < 4.78 is 26.6. The third-order valence-corrected chi connectivity index (χ3v) is 5.77. The van der Waals surface area contributed by atoms with Crippen LogP contribution in [0.25, 0.3) is 17.3 Å². The van der Waals surface area contributed by atoms with Crippen molar-refractivity contribution in [1.82, 2.24) is 9.55 Å². The van der Waals surface area contributed by atoms with E-state index in [-0.39, 0.29) is 19.3 Å². The number of amides is 1. The summed E-state index contributed by atoms with van der Waals surface area (Å²) >= 11 is 1.35. The highest BCUT2D eigenvalue weighted by molar-refractivity contribution is 7.14. The maximum Gasteiger partial charge on any atom is 0.250 e. The van der Waals surface area contributed by atoms with E-state index in [2.05, 4.69) is 27.5 Å². The highest BCUT2D eigenvalue weighted by atomic mass is 32.1. The number of thiazole rings is 1. The number of aryl methyl sites for hydroxylation is 1. The highest BCUT2D eigenvalue weighted by Gasteiger charge is 2.16. The number of halogens is 1. The number of carbonyl (C=O) groups is 1. The van der Waals surface area contributed by atoms with Crippen molar-refractivity contribution >= 4 is 28.5 Å². The van der Waals surface area contributed by atoms with Crippen LogP contribution >= 0.6 is 11.3 Å². The van der Waals surface area contributed by atoms with Gasteiger partial charge in [-0.05, 0) is 38.1 Å². The number of fused-ring (bicyclic) bond motifs is 1. The van der Waals surface area contributed by atoms with Crippen LogP contribution in [-0.4, -0.2) is 22.3 Å². The second-order valence-corrected chi connectivity index (χ2v) is 8.00. The van der Waals surface area contributed by atoms with Crippen molar-refractivity contribution in [3.8, 4) is 17.0 Å². The number of hydrogen-bond donors (Lipinski definition) is 1. The fourth-order valence-corrected chi connectivity index (χ4v) is 4.28. The van der Waals surface area contributed by atoms with Gasteiger partial charge in [-0.3, -0.25) is 10.1 Å². The van der Waals surface area contributed by atoms with Gasteiger partial charge in [-0.15, -0.1) is 17.9 Å². The number of nitrogens with one attached hydrogen (secondary N) is 1. The van der Waals surface area contributed by atoms with E-state index in [4.69, 9.17) is 9.47 Å². The lowest BCUT2D eigenvalue weighted by Gasteiger charge is -2.19. The molecule has 4 rings (SSSR count). The molecule has 3 heterocycles. The van der Waals surface area contributed by atoms with Crippen LogP contribution in [0.2, 0.25) is 0 Å². The summed E-state index contributed by atoms with van der Waals surface area (Å²) in [7, 11) is 0. The van der Waals surface area contributed by atoms with Crippen LogP contribution in [0.1, 0.15) is 22.5 Å². The number of benzene rings is 1. The maximum absolute atomic E-state index is 13.8. The number of rotatable bonds is 6. The average Bonchev–Trinajstić information content (AvgIpc) is 3.31. The van der Waals surface area contributed by atoms with Gasteiger partial charge < -0.3 is 14.0 Å². The molecule has 0 saturated carbocycles. The minimum atomic E-state index is -0.411. The Bertz CT molecular complexity index is 1180. The second kappa shape index (κ2) is 8.87. The SMILES string of the molecule is C=CCn1c(C)cc(-c2csc(NC(=O)C=Cc3cc(F)cc4c3OCOC4)n2)c1C. The summed E-state index contributed by atoms with van der Waals surface area (Å²) in [6.07, 6.45) is 4.72. The lowest BCUT2D eigenvalue weighted by molar-refractivity contribution is -0.111. The fourth-order valence-electron chi connectivity index (χ4n) is 3.57. The normalized spacial score (nSPS) is 13.1. The first-order valence-electron chi connectivity index (χ1n) is 9.72. The number of allylic oxidation sites excluding steroid dienone is 1. The third-order valence-electron chi connectivity index (χ3n) is 5.01. The molecule has 8 heteroatoms. The van der Waals surface area contributed by atoms with E-state index < -0.39 is 5.82 Å². The van der Waals surface area contributed by atoms with Crippen molar-refractivity contribution in [3.63, 3.8) is 0 Å². The maximum atomic E-state index is 13.8. The third kappa shape index (κ3) is 4.45. The van der Waals surface area contributed by atoms with Crippen LogP contribution in [-0.2, 0) is 22.7 Å². The van der Waals surface area contributed by atoms with Crippen molar-refractivity contribution in [2.24, 2.45) is 0 Å². The Morgan fingerprint density at radius 1 is 1.39 bits per heavy atom. The summed E-state index contributed by atoms with van der Waals surface area (Å²) in [5, 5.41) is 5.17. The Kier molecular flexibility index (Phi) is 6.01. The molecule has 1 N–H and O–H groups in total. The molecule has 2 aromatic heterocycles. The van der Waals surface area contributed by atoms with E-state index >= 15 is 0 Å². The van der Waals surface area contributed by atoms with Gasteiger partial charge in [-0.1, -0.05) is 6.08 Å². The molecule has 1 aliphatic rings. The van der Waals surface area contributed by atoms with Gasteiger partial charge >= 0.3 is 0 Å². The number of carbonyl (C=O) groups excluding carboxylic acids is 1. The summed E-state index contributed by atoms with van der Waals surface area (Å²) in [6, 6.07) is 4.78. The lowest BCUT2D eigenvalue weighted by Crippen LogP contribution is -2.13. The van der Waals surface area contributed by atoms with E-state index in [1.54, 1.807) is 0 Å². The molecule has 0 radical (unpaired) electrons. The van der Waals surface area contributed by atoms with E-state index in [1.807, 2.05) is 25.3 Å². The Morgan fingerprint density at radius 2 is 2.23 bits per heavy atom.